The molecule has 7 heteroatoms. The zero-order chi connectivity index (χ0) is 22.3. The smallest absolute Gasteiger partial charge is 0.309 e. The van der Waals surface area contributed by atoms with Crippen molar-refractivity contribution >= 4 is 23.6 Å². The van der Waals surface area contributed by atoms with Crippen LogP contribution in [0.4, 0.5) is 0 Å². The van der Waals surface area contributed by atoms with Gasteiger partial charge in [0.1, 0.15) is 0 Å². The molecule has 0 spiro atoms. The summed E-state index contributed by atoms with van der Waals surface area (Å²) in [4.78, 5) is 34.7. The Bertz CT molecular complexity index is 988. The number of likely N-dealkylation sites (tertiary alicyclic amines) is 1. The molecule has 0 radical (unpaired) electrons. The number of esters is 1. The van der Waals surface area contributed by atoms with Crippen LogP contribution in [0.25, 0.3) is 22.5 Å². The number of hydrogen-bond donors (Lipinski definition) is 1. The lowest BCUT2D eigenvalue weighted by Gasteiger charge is -2.30. The molecule has 1 N–H and O–H groups in total. The zero-order valence-electron chi connectivity index (χ0n) is 18.1. The summed E-state index contributed by atoms with van der Waals surface area (Å²) < 4.78 is 5.11. The van der Waals surface area contributed by atoms with Crippen molar-refractivity contribution in [2.24, 2.45) is 5.92 Å². The molecule has 0 aliphatic carbocycles. The number of imidazole rings is 1. The van der Waals surface area contributed by atoms with Gasteiger partial charge in [-0.15, -0.1) is 0 Å². The van der Waals surface area contributed by atoms with E-state index in [0.29, 0.717) is 38.3 Å². The number of benzene rings is 2. The fourth-order valence-corrected chi connectivity index (χ4v) is 4.66. The Kier molecular flexibility index (Phi) is 7.27. The Morgan fingerprint density at radius 1 is 1.03 bits per heavy atom. The highest BCUT2D eigenvalue weighted by molar-refractivity contribution is 7.99. The highest BCUT2D eigenvalue weighted by Crippen LogP contribution is 2.32. The van der Waals surface area contributed by atoms with Gasteiger partial charge in [0, 0.05) is 24.2 Å². The molecule has 1 amide bonds. The van der Waals surface area contributed by atoms with E-state index in [-0.39, 0.29) is 17.8 Å². The molecule has 1 fully saturated rings. The van der Waals surface area contributed by atoms with E-state index in [0.717, 1.165) is 27.7 Å². The van der Waals surface area contributed by atoms with Crippen molar-refractivity contribution in [3.05, 3.63) is 60.7 Å². The second-order valence-corrected chi connectivity index (χ2v) is 8.66. The second kappa shape index (κ2) is 10.5. The number of nitrogens with zero attached hydrogens (tertiary/aromatic N) is 2. The number of H-pyrrole nitrogens is 1. The van der Waals surface area contributed by atoms with Crippen LogP contribution in [0, 0.1) is 5.92 Å². The Morgan fingerprint density at radius 2 is 1.66 bits per heavy atom. The largest absolute Gasteiger partial charge is 0.466 e. The molecule has 0 bridgehead atoms. The zero-order valence-corrected chi connectivity index (χ0v) is 18.9. The summed E-state index contributed by atoms with van der Waals surface area (Å²) in [5.41, 5.74) is 3.91. The van der Waals surface area contributed by atoms with Gasteiger partial charge in [0.05, 0.1) is 29.7 Å². The average molecular weight is 450 g/mol. The van der Waals surface area contributed by atoms with E-state index in [1.807, 2.05) is 72.5 Å². The van der Waals surface area contributed by atoms with Crippen molar-refractivity contribution in [1.82, 2.24) is 14.9 Å². The van der Waals surface area contributed by atoms with Gasteiger partial charge in [0.2, 0.25) is 5.91 Å². The maximum Gasteiger partial charge on any atom is 0.309 e. The van der Waals surface area contributed by atoms with Crippen LogP contribution in [0.15, 0.2) is 65.8 Å². The van der Waals surface area contributed by atoms with Crippen LogP contribution in [0.5, 0.6) is 0 Å². The fourth-order valence-electron chi connectivity index (χ4n) is 3.88. The molecule has 0 saturated carbocycles. The molecule has 6 nitrogen and oxygen atoms in total. The molecule has 32 heavy (non-hydrogen) atoms. The number of thioether (sulfide) groups is 1. The molecule has 0 atom stereocenters. The SMILES string of the molecule is CCOC(=O)C1CCN(C(=O)CSc2nc(-c3ccccc3)c(-c3ccccc3)[nH]2)CC1. The highest BCUT2D eigenvalue weighted by Gasteiger charge is 2.28. The highest BCUT2D eigenvalue weighted by atomic mass is 32.2. The summed E-state index contributed by atoms with van der Waals surface area (Å²) >= 11 is 1.41. The molecular weight excluding hydrogens is 422 g/mol. The molecule has 1 aliphatic heterocycles. The van der Waals surface area contributed by atoms with Gasteiger partial charge in [-0.05, 0) is 19.8 Å². The van der Waals surface area contributed by atoms with Crippen molar-refractivity contribution in [3.8, 4) is 22.5 Å². The quantitative estimate of drug-likeness (QED) is 0.420. The van der Waals surface area contributed by atoms with Crippen molar-refractivity contribution in [1.29, 1.82) is 0 Å². The minimum atomic E-state index is -0.147. The summed E-state index contributed by atoms with van der Waals surface area (Å²) in [6.07, 6.45) is 1.32. The molecule has 4 rings (SSSR count). The third kappa shape index (κ3) is 5.22. The van der Waals surface area contributed by atoms with Gasteiger partial charge in [-0.2, -0.15) is 0 Å². The Morgan fingerprint density at radius 3 is 2.28 bits per heavy atom. The van der Waals surface area contributed by atoms with Crippen LogP contribution in [-0.4, -0.2) is 52.2 Å². The van der Waals surface area contributed by atoms with Crippen molar-refractivity contribution in [2.45, 2.75) is 24.9 Å². The third-order valence-corrected chi connectivity index (χ3v) is 6.45. The Balaban J connectivity index is 1.42. The first-order valence-electron chi connectivity index (χ1n) is 10.9. The number of aromatic nitrogens is 2. The minimum absolute atomic E-state index is 0.0660. The van der Waals surface area contributed by atoms with E-state index in [4.69, 9.17) is 9.72 Å². The normalized spacial score (nSPS) is 14.3. The summed E-state index contributed by atoms with van der Waals surface area (Å²) in [6, 6.07) is 20.1. The topological polar surface area (TPSA) is 75.3 Å². The maximum absolute atomic E-state index is 12.8. The monoisotopic (exact) mass is 449 g/mol. The Labute approximate surface area is 192 Å². The number of piperidine rings is 1. The van der Waals surface area contributed by atoms with Crippen molar-refractivity contribution in [2.75, 3.05) is 25.4 Å². The molecular formula is C25H27N3O3S. The maximum atomic E-state index is 12.8. The van der Waals surface area contributed by atoms with Crippen molar-refractivity contribution < 1.29 is 14.3 Å². The van der Waals surface area contributed by atoms with Crippen LogP contribution >= 0.6 is 11.8 Å². The summed E-state index contributed by atoms with van der Waals surface area (Å²) in [7, 11) is 0. The number of rotatable bonds is 7. The van der Waals surface area contributed by atoms with Crippen LogP contribution in [-0.2, 0) is 14.3 Å². The lowest BCUT2D eigenvalue weighted by Crippen LogP contribution is -2.41. The molecule has 2 aromatic carbocycles. The first-order chi connectivity index (χ1) is 15.7. The lowest BCUT2D eigenvalue weighted by molar-refractivity contribution is -0.151. The van der Waals surface area contributed by atoms with E-state index in [2.05, 4.69) is 4.98 Å². The van der Waals surface area contributed by atoms with Gasteiger partial charge in [0.25, 0.3) is 0 Å². The third-order valence-electron chi connectivity index (χ3n) is 5.59. The first-order valence-corrected chi connectivity index (χ1v) is 11.9. The van der Waals surface area contributed by atoms with Gasteiger partial charge >= 0.3 is 5.97 Å². The Hall–Kier alpha value is -3.06. The number of amides is 1. The standard InChI is InChI=1S/C25H27N3O3S/c1-2-31-24(30)20-13-15-28(16-14-20)21(29)17-32-25-26-22(18-9-5-3-6-10-18)23(27-25)19-11-7-4-8-12-19/h3-12,20H,2,13-17H2,1H3,(H,26,27). The number of ether oxygens (including phenoxy) is 1. The molecule has 1 aliphatic rings. The van der Waals surface area contributed by atoms with E-state index in [1.165, 1.54) is 11.8 Å². The van der Waals surface area contributed by atoms with Crippen molar-refractivity contribution in [3.63, 3.8) is 0 Å². The van der Waals surface area contributed by atoms with E-state index in [9.17, 15) is 9.59 Å². The van der Waals surface area contributed by atoms with Gasteiger partial charge in [0.15, 0.2) is 5.16 Å². The predicted octanol–water partition coefficient (Wildman–Crippen LogP) is 4.64. The average Bonchev–Trinajstić information content (AvgIpc) is 3.28. The van der Waals surface area contributed by atoms with Crippen LogP contribution < -0.4 is 0 Å². The number of hydrogen-bond acceptors (Lipinski definition) is 5. The van der Waals surface area contributed by atoms with Crippen LogP contribution in [0.2, 0.25) is 0 Å². The van der Waals surface area contributed by atoms with Gasteiger partial charge in [-0.25, -0.2) is 4.98 Å². The lowest BCUT2D eigenvalue weighted by atomic mass is 9.97. The van der Waals surface area contributed by atoms with E-state index in [1.54, 1.807) is 0 Å². The molecule has 0 unspecified atom stereocenters. The summed E-state index contributed by atoms with van der Waals surface area (Å²) in [5, 5.41) is 0.720. The van der Waals surface area contributed by atoms with Gasteiger partial charge < -0.3 is 14.6 Å². The number of nitrogens with one attached hydrogen (secondary N) is 1. The second-order valence-electron chi connectivity index (χ2n) is 7.69. The van der Waals surface area contributed by atoms with Crippen LogP contribution in [0.3, 0.4) is 0 Å². The molecule has 166 valence electrons. The summed E-state index contributed by atoms with van der Waals surface area (Å²) in [6.45, 7) is 3.39. The molecule has 2 heterocycles. The summed E-state index contributed by atoms with van der Waals surface area (Å²) in [5.74, 6) is 0.126. The van der Waals surface area contributed by atoms with Gasteiger partial charge in [-0.1, -0.05) is 72.4 Å². The number of carbonyl (C=O) groups excluding carboxylic acids is 2. The van der Waals surface area contributed by atoms with E-state index >= 15 is 0 Å². The fraction of sp³-hybridized carbons (Fsp3) is 0.320. The number of aromatic amines is 1. The first kappa shape index (κ1) is 22.1. The molecule has 3 aromatic rings. The van der Waals surface area contributed by atoms with Crippen LogP contribution in [0.1, 0.15) is 19.8 Å². The van der Waals surface area contributed by atoms with E-state index < -0.39 is 0 Å². The minimum Gasteiger partial charge on any atom is -0.466 e. The number of carbonyl (C=O) groups is 2. The van der Waals surface area contributed by atoms with Gasteiger partial charge in [-0.3, -0.25) is 9.59 Å². The molecule has 1 aromatic heterocycles. The molecule has 1 saturated heterocycles. The predicted molar refractivity (Wildman–Crippen MR) is 126 cm³/mol.